The van der Waals surface area contributed by atoms with Crippen molar-refractivity contribution in [1.29, 1.82) is 0 Å². The highest BCUT2D eigenvalue weighted by Crippen LogP contribution is 2.25. The van der Waals surface area contributed by atoms with Gasteiger partial charge in [0, 0.05) is 17.9 Å². The zero-order chi connectivity index (χ0) is 19.2. The van der Waals surface area contributed by atoms with Gasteiger partial charge in [-0.25, -0.2) is 13.8 Å². The second-order valence-corrected chi connectivity index (χ2v) is 6.91. The van der Waals surface area contributed by atoms with E-state index >= 15 is 0 Å². The van der Waals surface area contributed by atoms with E-state index in [9.17, 15) is 13.9 Å². The molecule has 1 N–H and O–H groups in total. The highest BCUT2D eigenvalue weighted by molar-refractivity contribution is 7.98. The van der Waals surface area contributed by atoms with Crippen molar-refractivity contribution >= 4 is 11.8 Å². The summed E-state index contributed by atoms with van der Waals surface area (Å²) in [4.78, 5) is 4.32. The van der Waals surface area contributed by atoms with Crippen LogP contribution in [0.5, 0.6) is 5.75 Å². The molecule has 4 nitrogen and oxygen atoms in total. The number of nitrogens with zero attached hydrogens (tertiary/aromatic N) is 2. The average Bonchev–Trinajstić information content (AvgIpc) is 3.09. The first-order valence-electron chi connectivity index (χ1n) is 8.45. The maximum atomic E-state index is 13.8. The Bertz CT molecular complexity index is 897. The van der Waals surface area contributed by atoms with E-state index in [4.69, 9.17) is 4.74 Å². The van der Waals surface area contributed by atoms with Crippen molar-refractivity contribution in [3.63, 3.8) is 0 Å². The number of rotatable bonds is 8. The van der Waals surface area contributed by atoms with Crippen molar-refractivity contribution in [2.75, 3.05) is 7.11 Å². The fourth-order valence-corrected chi connectivity index (χ4v) is 3.70. The summed E-state index contributed by atoms with van der Waals surface area (Å²) in [5, 5.41) is 10.2. The number of aliphatic hydroxyl groups is 1. The maximum Gasteiger partial charge on any atom is 0.168 e. The Morgan fingerprint density at radius 3 is 2.63 bits per heavy atom. The van der Waals surface area contributed by atoms with E-state index in [2.05, 4.69) is 4.98 Å². The average molecular weight is 390 g/mol. The highest BCUT2D eigenvalue weighted by Gasteiger charge is 2.12. The molecule has 2 aromatic carbocycles. The molecule has 7 heteroatoms. The Labute approximate surface area is 160 Å². The van der Waals surface area contributed by atoms with Crippen molar-refractivity contribution in [2.24, 2.45) is 0 Å². The minimum Gasteiger partial charge on any atom is -0.497 e. The van der Waals surface area contributed by atoms with Crippen molar-refractivity contribution in [3.05, 3.63) is 77.1 Å². The summed E-state index contributed by atoms with van der Waals surface area (Å²) in [5.74, 6) is 0.146. The van der Waals surface area contributed by atoms with Crippen LogP contribution in [0.15, 0.2) is 53.8 Å². The van der Waals surface area contributed by atoms with E-state index in [0.29, 0.717) is 17.4 Å². The quantitative estimate of drug-likeness (QED) is 0.586. The molecule has 3 rings (SSSR count). The number of aliphatic hydroxyl groups excluding tert-OH is 1. The summed E-state index contributed by atoms with van der Waals surface area (Å²) < 4.78 is 34.2. The fraction of sp³-hybridized carbons (Fsp3) is 0.250. The van der Waals surface area contributed by atoms with Gasteiger partial charge in [-0.05, 0) is 42.3 Å². The number of thioether (sulfide) groups is 1. The summed E-state index contributed by atoms with van der Waals surface area (Å²) in [6.45, 7) is 0.487. The number of halogens is 2. The first-order chi connectivity index (χ1) is 13.1. The predicted octanol–water partition coefficient (Wildman–Crippen LogP) is 4.20. The molecule has 0 saturated heterocycles. The number of ether oxygens (including phenoxy) is 1. The fourth-order valence-electron chi connectivity index (χ4n) is 2.70. The summed E-state index contributed by atoms with van der Waals surface area (Å²) in [5.41, 5.74) is 2.10. The lowest BCUT2D eigenvalue weighted by molar-refractivity contribution is 0.269. The molecule has 0 bridgehead atoms. The topological polar surface area (TPSA) is 47.3 Å². The number of hydrogen-bond donors (Lipinski definition) is 1. The Morgan fingerprint density at radius 2 is 1.93 bits per heavy atom. The normalized spacial score (nSPS) is 11.0. The summed E-state index contributed by atoms with van der Waals surface area (Å²) in [6, 6.07) is 11.2. The van der Waals surface area contributed by atoms with Crippen LogP contribution >= 0.6 is 11.8 Å². The van der Waals surface area contributed by atoms with Crippen LogP contribution in [-0.2, 0) is 25.3 Å². The van der Waals surface area contributed by atoms with Crippen LogP contribution in [0.3, 0.4) is 0 Å². The summed E-state index contributed by atoms with van der Waals surface area (Å²) in [6.07, 6.45) is 2.35. The number of imidazole rings is 1. The lowest BCUT2D eigenvalue weighted by Gasteiger charge is -2.11. The third-order valence-corrected chi connectivity index (χ3v) is 5.25. The van der Waals surface area contributed by atoms with Crippen LogP contribution in [0.1, 0.15) is 16.8 Å². The van der Waals surface area contributed by atoms with Gasteiger partial charge in [0.05, 0.1) is 25.6 Å². The third kappa shape index (κ3) is 4.87. The van der Waals surface area contributed by atoms with E-state index in [-0.39, 0.29) is 17.9 Å². The molecule has 0 atom stereocenters. The Hall–Kier alpha value is -2.38. The lowest BCUT2D eigenvalue weighted by atomic mass is 10.1. The molecule has 0 unspecified atom stereocenters. The van der Waals surface area contributed by atoms with E-state index in [0.717, 1.165) is 29.9 Å². The molecule has 1 heterocycles. The molecular weight excluding hydrogens is 370 g/mol. The van der Waals surface area contributed by atoms with E-state index in [1.54, 1.807) is 13.3 Å². The molecule has 27 heavy (non-hydrogen) atoms. The largest absolute Gasteiger partial charge is 0.497 e. The third-order valence-electron chi connectivity index (χ3n) is 4.21. The molecule has 0 radical (unpaired) electrons. The van der Waals surface area contributed by atoms with Gasteiger partial charge in [0.1, 0.15) is 17.4 Å². The van der Waals surface area contributed by atoms with Crippen molar-refractivity contribution in [1.82, 2.24) is 9.55 Å². The smallest absolute Gasteiger partial charge is 0.168 e. The van der Waals surface area contributed by atoms with Gasteiger partial charge < -0.3 is 14.4 Å². The zero-order valence-corrected chi connectivity index (χ0v) is 15.7. The van der Waals surface area contributed by atoms with Gasteiger partial charge in [0.15, 0.2) is 5.16 Å². The number of aromatic nitrogens is 2. The number of methoxy groups -OCH3 is 1. The van der Waals surface area contributed by atoms with Gasteiger partial charge in [-0.1, -0.05) is 23.9 Å². The van der Waals surface area contributed by atoms with Gasteiger partial charge in [-0.2, -0.15) is 0 Å². The maximum absolute atomic E-state index is 13.8. The first-order valence-corrected chi connectivity index (χ1v) is 9.44. The van der Waals surface area contributed by atoms with Crippen LogP contribution < -0.4 is 4.74 Å². The molecule has 0 aliphatic carbocycles. The molecule has 142 valence electrons. The van der Waals surface area contributed by atoms with Crippen molar-refractivity contribution < 1.29 is 18.6 Å². The summed E-state index contributed by atoms with van der Waals surface area (Å²) in [7, 11) is 1.62. The Morgan fingerprint density at radius 1 is 1.15 bits per heavy atom. The highest BCUT2D eigenvalue weighted by atomic mass is 32.2. The van der Waals surface area contributed by atoms with Crippen LogP contribution in [0.2, 0.25) is 0 Å². The van der Waals surface area contributed by atoms with Crippen molar-refractivity contribution in [2.45, 2.75) is 30.5 Å². The van der Waals surface area contributed by atoms with Gasteiger partial charge in [-0.3, -0.25) is 0 Å². The Kier molecular flexibility index (Phi) is 6.47. The van der Waals surface area contributed by atoms with Crippen molar-refractivity contribution in [3.8, 4) is 5.75 Å². The SMILES string of the molecule is COc1ccc(CCn2c(CO)cnc2SCc2cc(F)ccc2F)cc1. The standard InChI is InChI=1S/C20H20F2N2O2S/c1-26-18-5-2-14(3-6-18)8-9-24-17(12-25)11-23-20(24)27-13-15-10-16(21)4-7-19(15)22/h2-7,10-11,25H,8-9,12-13H2,1H3. The van der Waals surface area contributed by atoms with E-state index in [1.807, 2.05) is 28.8 Å². The van der Waals surface area contributed by atoms with Crippen LogP contribution in [-0.4, -0.2) is 21.8 Å². The molecule has 0 aliphatic rings. The molecular formula is C20H20F2N2O2S. The van der Waals surface area contributed by atoms with E-state index in [1.165, 1.54) is 17.8 Å². The number of benzene rings is 2. The molecule has 0 fully saturated rings. The Balaban J connectivity index is 1.71. The summed E-state index contributed by atoms with van der Waals surface area (Å²) >= 11 is 1.31. The molecule has 1 aromatic heterocycles. The van der Waals surface area contributed by atoms with Gasteiger partial charge in [-0.15, -0.1) is 0 Å². The lowest BCUT2D eigenvalue weighted by Crippen LogP contribution is -2.07. The molecule has 0 saturated carbocycles. The number of hydrogen-bond acceptors (Lipinski definition) is 4. The van der Waals surface area contributed by atoms with Crippen LogP contribution in [0.25, 0.3) is 0 Å². The molecule has 0 spiro atoms. The second kappa shape index (κ2) is 9.01. The minimum absolute atomic E-state index is 0.134. The second-order valence-electron chi connectivity index (χ2n) is 5.96. The van der Waals surface area contributed by atoms with E-state index < -0.39 is 11.6 Å². The number of aryl methyl sites for hydroxylation is 1. The zero-order valence-electron chi connectivity index (χ0n) is 14.9. The molecule has 0 amide bonds. The molecule has 3 aromatic rings. The van der Waals surface area contributed by atoms with Crippen LogP contribution in [0, 0.1) is 11.6 Å². The van der Waals surface area contributed by atoms with Gasteiger partial charge in [0.25, 0.3) is 0 Å². The van der Waals surface area contributed by atoms with Gasteiger partial charge >= 0.3 is 0 Å². The van der Waals surface area contributed by atoms with Gasteiger partial charge in [0.2, 0.25) is 0 Å². The van der Waals surface area contributed by atoms with Crippen LogP contribution in [0.4, 0.5) is 8.78 Å². The monoisotopic (exact) mass is 390 g/mol. The minimum atomic E-state index is -0.467. The molecule has 0 aliphatic heterocycles. The predicted molar refractivity (Wildman–Crippen MR) is 101 cm³/mol. The first kappa shape index (κ1) is 19.4.